The van der Waals surface area contributed by atoms with Gasteiger partial charge in [0, 0.05) is 44.6 Å². The van der Waals surface area contributed by atoms with Gasteiger partial charge >= 0.3 is 0 Å². The molecule has 0 spiro atoms. The van der Waals surface area contributed by atoms with Crippen molar-refractivity contribution < 1.29 is 4.79 Å². The Morgan fingerprint density at radius 1 is 1.25 bits per heavy atom. The van der Waals surface area contributed by atoms with Crippen molar-refractivity contribution in [3.8, 4) is 0 Å². The number of nitrogens with zero attached hydrogens (tertiary/aromatic N) is 3. The number of piperazine rings is 1. The number of rotatable bonds is 2. The summed E-state index contributed by atoms with van der Waals surface area (Å²) >= 11 is 0. The highest BCUT2D eigenvalue weighted by molar-refractivity contribution is 5.94. The van der Waals surface area contributed by atoms with Gasteiger partial charge in [-0.1, -0.05) is 32.9 Å². The van der Waals surface area contributed by atoms with Crippen LogP contribution in [0.2, 0.25) is 0 Å². The number of aromatic nitrogens is 2. The number of nitrogens with one attached hydrogen (secondary N) is 1. The summed E-state index contributed by atoms with van der Waals surface area (Å²) in [5.74, 6) is 0.992. The lowest BCUT2D eigenvalue weighted by Gasteiger charge is -2.36. The molecular weight excluding hydrogens is 300 g/mol. The van der Waals surface area contributed by atoms with E-state index in [1.54, 1.807) is 6.20 Å². The van der Waals surface area contributed by atoms with Crippen molar-refractivity contribution in [1.82, 2.24) is 19.8 Å². The highest BCUT2D eigenvalue weighted by atomic mass is 16.2. The first-order valence-electron chi connectivity index (χ1n) is 8.47. The topological polar surface area (TPSA) is 50.2 Å². The Hall–Kier alpha value is -2.14. The first-order valence-corrected chi connectivity index (χ1v) is 8.47. The second-order valence-corrected chi connectivity index (χ2v) is 7.44. The number of carbonyl (C=O) groups excluding carboxylic acids is 1. The molecule has 1 N–H and O–H groups in total. The number of hydrogen-bond acceptors (Lipinski definition) is 3. The van der Waals surface area contributed by atoms with E-state index in [-0.39, 0.29) is 17.4 Å². The lowest BCUT2D eigenvalue weighted by Crippen LogP contribution is -2.49. The largest absolute Gasteiger partial charge is 0.336 e. The fourth-order valence-corrected chi connectivity index (χ4v) is 3.15. The molecule has 1 aliphatic heterocycles. The second-order valence-electron chi connectivity index (χ2n) is 7.44. The van der Waals surface area contributed by atoms with Crippen LogP contribution < -0.4 is 5.32 Å². The smallest absolute Gasteiger partial charge is 0.254 e. The summed E-state index contributed by atoms with van der Waals surface area (Å²) in [5.41, 5.74) is 2.07. The molecule has 5 heteroatoms. The third-order valence-electron chi connectivity index (χ3n) is 4.66. The number of aryl methyl sites for hydroxylation is 1. The SMILES string of the molecule is Cn1ccnc1C1CNCCN1C(=O)c1ccc(C(C)(C)C)cc1. The van der Waals surface area contributed by atoms with Crippen molar-refractivity contribution in [3.05, 3.63) is 53.6 Å². The van der Waals surface area contributed by atoms with Gasteiger partial charge in [0.25, 0.3) is 5.91 Å². The molecule has 1 atom stereocenters. The van der Waals surface area contributed by atoms with Crippen LogP contribution in [0.25, 0.3) is 0 Å². The van der Waals surface area contributed by atoms with Crippen molar-refractivity contribution in [2.45, 2.75) is 32.2 Å². The molecule has 0 bridgehead atoms. The number of amides is 1. The molecule has 128 valence electrons. The molecule has 0 radical (unpaired) electrons. The Balaban J connectivity index is 1.86. The van der Waals surface area contributed by atoms with Crippen molar-refractivity contribution in [1.29, 1.82) is 0 Å². The van der Waals surface area contributed by atoms with E-state index in [2.05, 4.69) is 43.2 Å². The van der Waals surface area contributed by atoms with Crippen LogP contribution in [-0.4, -0.2) is 40.0 Å². The lowest BCUT2D eigenvalue weighted by atomic mass is 9.86. The maximum Gasteiger partial charge on any atom is 0.254 e. The Bertz CT molecular complexity index is 712. The summed E-state index contributed by atoms with van der Waals surface area (Å²) in [7, 11) is 1.97. The van der Waals surface area contributed by atoms with Crippen LogP contribution in [0.3, 0.4) is 0 Å². The Morgan fingerprint density at radius 3 is 2.54 bits per heavy atom. The van der Waals surface area contributed by atoms with Crippen molar-refractivity contribution >= 4 is 5.91 Å². The highest BCUT2D eigenvalue weighted by Crippen LogP contribution is 2.25. The van der Waals surface area contributed by atoms with Crippen molar-refractivity contribution in [2.75, 3.05) is 19.6 Å². The van der Waals surface area contributed by atoms with E-state index in [4.69, 9.17) is 0 Å². The van der Waals surface area contributed by atoms with Gasteiger partial charge < -0.3 is 14.8 Å². The predicted octanol–water partition coefficient (Wildman–Crippen LogP) is 2.50. The third kappa shape index (κ3) is 3.22. The molecule has 2 aromatic rings. The molecule has 24 heavy (non-hydrogen) atoms. The molecule has 1 unspecified atom stereocenters. The van der Waals surface area contributed by atoms with Crippen LogP contribution in [0.1, 0.15) is 48.6 Å². The fourth-order valence-electron chi connectivity index (χ4n) is 3.15. The van der Waals surface area contributed by atoms with Crippen LogP contribution >= 0.6 is 0 Å². The molecule has 3 rings (SSSR count). The minimum atomic E-state index is -0.0338. The van der Waals surface area contributed by atoms with E-state index in [1.165, 1.54) is 5.56 Å². The van der Waals surface area contributed by atoms with Gasteiger partial charge in [0.15, 0.2) is 0 Å². The summed E-state index contributed by atoms with van der Waals surface area (Å²) < 4.78 is 1.99. The zero-order valence-electron chi connectivity index (χ0n) is 14.9. The summed E-state index contributed by atoms with van der Waals surface area (Å²) in [4.78, 5) is 19.4. The van der Waals surface area contributed by atoms with Gasteiger partial charge in [-0.2, -0.15) is 0 Å². The van der Waals surface area contributed by atoms with Gasteiger partial charge in [-0.15, -0.1) is 0 Å². The molecule has 1 aromatic heterocycles. The number of benzene rings is 1. The zero-order chi connectivity index (χ0) is 17.3. The van der Waals surface area contributed by atoms with Crippen LogP contribution in [0.15, 0.2) is 36.7 Å². The Labute approximate surface area is 143 Å². The van der Waals surface area contributed by atoms with Gasteiger partial charge in [0.1, 0.15) is 11.9 Å². The van der Waals surface area contributed by atoms with E-state index in [0.29, 0.717) is 6.54 Å². The van der Waals surface area contributed by atoms with Crippen LogP contribution in [-0.2, 0) is 12.5 Å². The molecule has 2 heterocycles. The minimum Gasteiger partial charge on any atom is -0.336 e. The standard InChI is InChI=1S/C19H26N4O/c1-19(2,3)15-7-5-14(6-8-15)18(24)23-12-9-20-13-16(23)17-21-10-11-22(17)4/h5-8,10-11,16,20H,9,12-13H2,1-4H3. The van der Waals surface area contributed by atoms with Gasteiger partial charge in [0.05, 0.1) is 0 Å². The first kappa shape index (κ1) is 16.7. The van der Waals surface area contributed by atoms with Crippen LogP contribution in [0.5, 0.6) is 0 Å². The molecule has 1 fully saturated rings. The van der Waals surface area contributed by atoms with Crippen molar-refractivity contribution in [2.24, 2.45) is 7.05 Å². The maximum absolute atomic E-state index is 13.0. The third-order valence-corrected chi connectivity index (χ3v) is 4.66. The number of imidazole rings is 1. The van der Waals surface area contributed by atoms with Crippen molar-refractivity contribution in [3.63, 3.8) is 0 Å². The molecule has 0 saturated carbocycles. The van der Waals surface area contributed by atoms with Crippen LogP contribution in [0.4, 0.5) is 0 Å². The highest BCUT2D eigenvalue weighted by Gasteiger charge is 2.31. The molecule has 0 aliphatic carbocycles. The predicted molar refractivity (Wildman–Crippen MR) is 95.0 cm³/mol. The van der Waals surface area contributed by atoms with E-state index < -0.39 is 0 Å². The average Bonchev–Trinajstić information content (AvgIpc) is 2.99. The van der Waals surface area contributed by atoms with Crippen LogP contribution in [0, 0.1) is 0 Å². The average molecular weight is 326 g/mol. The van der Waals surface area contributed by atoms with E-state index in [1.807, 2.05) is 34.8 Å². The summed E-state index contributed by atoms with van der Waals surface area (Å²) in [5, 5.41) is 3.37. The van der Waals surface area contributed by atoms with Gasteiger partial charge in [-0.05, 0) is 23.1 Å². The molecule has 1 aromatic carbocycles. The second kappa shape index (κ2) is 6.40. The monoisotopic (exact) mass is 326 g/mol. The van der Waals surface area contributed by atoms with E-state index >= 15 is 0 Å². The molecular formula is C19H26N4O. The number of hydrogen-bond donors (Lipinski definition) is 1. The Kier molecular flexibility index (Phi) is 4.45. The summed E-state index contributed by atoms with van der Waals surface area (Å²) in [6.07, 6.45) is 3.70. The fraction of sp³-hybridized carbons (Fsp3) is 0.474. The molecule has 1 amide bonds. The zero-order valence-corrected chi connectivity index (χ0v) is 14.9. The summed E-state index contributed by atoms with van der Waals surface area (Å²) in [6, 6.07) is 7.98. The van der Waals surface area contributed by atoms with E-state index in [9.17, 15) is 4.79 Å². The van der Waals surface area contributed by atoms with E-state index in [0.717, 1.165) is 24.5 Å². The maximum atomic E-state index is 13.0. The summed E-state index contributed by atoms with van der Waals surface area (Å²) in [6.45, 7) is 8.77. The normalized spacial score (nSPS) is 18.7. The van der Waals surface area contributed by atoms with Gasteiger partial charge in [-0.3, -0.25) is 4.79 Å². The molecule has 1 aliphatic rings. The van der Waals surface area contributed by atoms with Gasteiger partial charge in [-0.25, -0.2) is 4.98 Å². The minimum absolute atomic E-state index is 0.0338. The van der Waals surface area contributed by atoms with Gasteiger partial charge in [0.2, 0.25) is 0 Å². The number of carbonyl (C=O) groups is 1. The lowest BCUT2D eigenvalue weighted by molar-refractivity contribution is 0.0621. The molecule has 1 saturated heterocycles. The quantitative estimate of drug-likeness (QED) is 0.922. The molecule has 5 nitrogen and oxygen atoms in total. The Morgan fingerprint density at radius 2 is 1.96 bits per heavy atom. The first-order chi connectivity index (χ1) is 11.4.